The van der Waals surface area contributed by atoms with Crippen LogP contribution in [0.5, 0.6) is 0 Å². The molecular weight excluding hydrogens is 200 g/mol. The van der Waals surface area contributed by atoms with Crippen molar-refractivity contribution in [2.24, 2.45) is 5.84 Å². The minimum absolute atomic E-state index is 0.236. The maximum Gasteiger partial charge on any atom is 0.0992 e. The van der Waals surface area contributed by atoms with E-state index in [0.29, 0.717) is 11.3 Å². The number of hydrogen-bond donors (Lipinski definition) is 2. The minimum atomic E-state index is 0.236. The molecule has 0 aliphatic rings. The summed E-state index contributed by atoms with van der Waals surface area (Å²) >= 11 is 0. The Morgan fingerprint density at radius 1 is 1.50 bits per heavy atom. The van der Waals surface area contributed by atoms with Gasteiger partial charge in [0, 0.05) is 6.04 Å². The number of hydrazine groups is 1. The second-order valence-corrected chi connectivity index (χ2v) is 3.93. The maximum atomic E-state index is 8.73. The third-order valence-corrected chi connectivity index (χ3v) is 2.62. The van der Waals surface area contributed by atoms with Gasteiger partial charge < -0.3 is 10.7 Å². The van der Waals surface area contributed by atoms with E-state index in [1.165, 1.54) is 0 Å². The zero-order chi connectivity index (χ0) is 12.1. The Morgan fingerprint density at radius 2 is 2.19 bits per heavy atom. The molecule has 4 N–H and O–H groups in total. The molecule has 16 heavy (non-hydrogen) atoms. The number of nitrogen functional groups attached to an aromatic ring is 1. The molecule has 0 radical (unpaired) electrons. The number of anilines is 2. The second kappa shape index (κ2) is 5.38. The molecule has 1 unspecified atom stereocenters. The van der Waals surface area contributed by atoms with E-state index in [-0.39, 0.29) is 6.04 Å². The largest absolute Gasteiger partial charge is 0.397 e. The number of nitriles is 1. The summed E-state index contributed by atoms with van der Waals surface area (Å²) < 4.78 is 0. The second-order valence-electron chi connectivity index (χ2n) is 3.93. The normalized spacial score (nSPS) is 11.9. The molecular formula is C12H18N4. The Labute approximate surface area is 96.4 Å². The van der Waals surface area contributed by atoms with Crippen LogP contribution in [0, 0.1) is 11.3 Å². The van der Waals surface area contributed by atoms with Gasteiger partial charge in [-0.3, -0.25) is 0 Å². The zero-order valence-corrected chi connectivity index (χ0v) is 9.77. The molecule has 0 amide bonds. The van der Waals surface area contributed by atoms with Gasteiger partial charge in [0.15, 0.2) is 0 Å². The summed E-state index contributed by atoms with van der Waals surface area (Å²) in [6.45, 7) is 4.17. The summed E-state index contributed by atoms with van der Waals surface area (Å²) in [6, 6.07) is 7.45. The highest BCUT2D eigenvalue weighted by atomic mass is 15.4. The summed E-state index contributed by atoms with van der Waals surface area (Å²) in [5.74, 6) is 5.99. The van der Waals surface area contributed by atoms with Crippen molar-refractivity contribution in [3.63, 3.8) is 0 Å². The summed E-state index contributed by atoms with van der Waals surface area (Å²) in [6.07, 6.45) is 2.08. The van der Waals surface area contributed by atoms with Crippen LogP contribution in [0.25, 0.3) is 0 Å². The number of nitrogens with two attached hydrogens (primary N) is 2. The van der Waals surface area contributed by atoms with E-state index in [2.05, 4.69) is 13.8 Å². The molecule has 4 nitrogen and oxygen atoms in total. The molecule has 0 spiro atoms. The van der Waals surface area contributed by atoms with Gasteiger partial charge in [0.2, 0.25) is 0 Å². The molecule has 1 aromatic carbocycles. The van der Waals surface area contributed by atoms with E-state index in [4.69, 9.17) is 16.8 Å². The van der Waals surface area contributed by atoms with Crippen molar-refractivity contribution in [1.29, 1.82) is 5.26 Å². The van der Waals surface area contributed by atoms with Crippen molar-refractivity contribution in [2.45, 2.75) is 32.7 Å². The molecule has 86 valence electrons. The quantitative estimate of drug-likeness (QED) is 0.460. The number of nitrogens with zero attached hydrogens (tertiary/aromatic N) is 2. The fourth-order valence-corrected chi connectivity index (χ4v) is 1.65. The predicted molar refractivity (Wildman–Crippen MR) is 66.6 cm³/mol. The van der Waals surface area contributed by atoms with E-state index in [1.807, 2.05) is 6.07 Å². The highest BCUT2D eigenvalue weighted by molar-refractivity contribution is 5.69. The fourth-order valence-electron chi connectivity index (χ4n) is 1.65. The molecule has 0 saturated carbocycles. The van der Waals surface area contributed by atoms with Crippen LogP contribution >= 0.6 is 0 Å². The fraction of sp³-hybridized carbons (Fsp3) is 0.417. The van der Waals surface area contributed by atoms with Crippen LogP contribution in [-0.2, 0) is 0 Å². The third kappa shape index (κ3) is 2.65. The minimum Gasteiger partial charge on any atom is -0.397 e. The van der Waals surface area contributed by atoms with Crippen LogP contribution in [0.4, 0.5) is 11.4 Å². The Hall–Kier alpha value is -1.73. The van der Waals surface area contributed by atoms with E-state index >= 15 is 0 Å². The van der Waals surface area contributed by atoms with Gasteiger partial charge in [-0.2, -0.15) is 5.26 Å². The molecule has 4 heteroatoms. The smallest absolute Gasteiger partial charge is 0.0992 e. The topological polar surface area (TPSA) is 79.1 Å². The number of hydrogen-bond acceptors (Lipinski definition) is 4. The van der Waals surface area contributed by atoms with E-state index in [9.17, 15) is 0 Å². The SMILES string of the molecule is CCCC(C)N(N)c1ccc(C#N)cc1N. The van der Waals surface area contributed by atoms with Crippen LogP contribution < -0.4 is 16.6 Å². The lowest BCUT2D eigenvalue weighted by molar-refractivity contribution is 0.593. The van der Waals surface area contributed by atoms with Crippen molar-refractivity contribution in [3.8, 4) is 6.07 Å². The molecule has 1 aromatic rings. The average molecular weight is 218 g/mol. The van der Waals surface area contributed by atoms with Crippen molar-refractivity contribution in [2.75, 3.05) is 10.7 Å². The van der Waals surface area contributed by atoms with E-state index < -0.39 is 0 Å². The van der Waals surface area contributed by atoms with Gasteiger partial charge in [-0.25, -0.2) is 5.84 Å². The Morgan fingerprint density at radius 3 is 2.69 bits per heavy atom. The van der Waals surface area contributed by atoms with Gasteiger partial charge in [-0.15, -0.1) is 0 Å². The number of rotatable bonds is 4. The molecule has 0 bridgehead atoms. The monoisotopic (exact) mass is 218 g/mol. The molecule has 1 rings (SSSR count). The van der Waals surface area contributed by atoms with Crippen LogP contribution in [0.3, 0.4) is 0 Å². The summed E-state index contributed by atoms with van der Waals surface area (Å²) in [5.41, 5.74) is 7.74. The standard InChI is InChI=1S/C12H18N4/c1-3-4-9(2)16(15)12-6-5-10(8-13)7-11(12)14/h5-7,9H,3-4,14-15H2,1-2H3. The highest BCUT2D eigenvalue weighted by Gasteiger charge is 2.12. The average Bonchev–Trinajstić information content (AvgIpc) is 2.28. The molecule has 0 saturated heterocycles. The third-order valence-electron chi connectivity index (χ3n) is 2.62. The molecule has 0 aliphatic carbocycles. The summed E-state index contributed by atoms with van der Waals surface area (Å²) in [7, 11) is 0. The molecule has 0 heterocycles. The van der Waals surface area contributed by atoms with E-state index in [1.54, 1.807) is 23.2 Å². The Kier molecular flexibility index (Phi) is 4.15. The van der Waals surface area contributed by atoms with Crippen molar-refractivity contribution in [3.05, 3.63) is 23.8 Å². The first-order valence-corrected chi connectivity index (χ1v) is 5.43. The van der Waals surface area contributed by atoms with Crippen molar-refractivity contribution < 1.29 is 0 Å². The first-order valence-electron chi connectivity index (χ1n) is 5.43. The molecule has 0 aliphatic heterocycles. The van der Waals surface area contributed by atoms with Crippen molar-refractivity contribution in [1.82, 2.24) is 0 Å². The van der Waals surface area contributed by atoms with E-state index in [0.717, 1.165) is 18.5 Å². The lowest BCUT2D eigenvalue weighted by Crippen LogP contribution is -2.39. The van der Waals surface area contributed by atoms with Crippen molar-refractivity contribution >= 4 is 11.4 Å². The van der Waals surface area contributed by atoms with Gasteiger partial charge in [0.1, 0.15) is 0 Å². The van der Waals surface area contributed by atoms with Crippen LogP contribution in [0.1, 0.15) is 32.3 Å². The molecule has 0 fully saturated rings. The summed E-state index contributed by atoms with van der Waals surface area (Å²) in [4.78, 5) is 0. The number of benzene rings is 1. The van der Waals surface area contributed by atoms with Gasteiger partial charge in [-0.05, 0) is 31.5 Å². The molecule has 0 aromatic heterocycles. The lowest BCUT2D eigenvalue weighted by atomic mass is 10.1. The Balaban J connectivity index is 2.92. The van der Waals surface area contributed by atoms with Gasteiger partial charge in [0.25, 0.3) is 0 Å². The first-order chi connectivity index (χ1) is 7.60. The van der Waals surface area contributed by atoms with Crippen LogP contribution in [0.2, 0.25) is 0 Å². The lowest BCUT2D eigenvalue weighted by Gasteiger charge is -2.27. The molecule has 1 atom stereocenters. The predicted octanol–water partition coefficient (Wildman–Crippen LogP) is 2.01. The van der Waals surface area contributed by atoms with Crippen LogP contribution in [-0.4, -0.2) is 6.04 Å². The first kappa shape index (κ1) is 12.3. The zero-order valence-electron chi connectivity index (χ0n) is 9.77. The van der Waals surface area contributed by atoms with Crippen LogP contribution in [0.15, 0.2) is 18.2 Å². The van der Waals surface area contributed by atoms with Gasteiger partial charge in [0.05, 0.1) is 23.0 Å². The van der Waals surface area contributed by atoms with Gasteiger partial charge in [-0.1, -0.05) is 13.3 Å². The summed E-state index contributed by atoms with van der Waals surface area (Å²) in [5, 5.41) is 10.4. The Bertz CT molecular complexity index is 394. The maximum absolute atomic E-state index is 8.73. The highest BCUT2D eigenvalue weighted by Crippen LogP contribution is 2.24. The van der Waals surface area contributed by atoms with Gasteiger partial charge >= 0.3 is 0 Å².